The molecule has 0 bridgehead atoms. The summed E-state index contributed by atoms with van der Waals surface area (Å²) in [5.41, 5.74) is 2.41. The van der Waals surface area contributed by atoms with Crippen molar-refractivity contribution in [3.63, 3.8) is 0 Å². The number of rotatable bonds is 7. The Hall–Kier alpha value is -4.58. The van der Waals surface area contributed by atoms with E-state index in [1.165, 1.54) is 6.07 Å². The van der Waals surface area contributed by atoms with Crippen LogP contribution in [0.3, 0.4) is 0 Å². The van der Waals surface area contributed by atoms with E-state index >= 15 is 0 Å². The van der Waals surface area contributed by atoms with Gasteiger partial charge in [-0.1, -0.05) is 30.3 Å². The first kappa shape index (κ1) is 27.0. The number of pyridine rings is 1. The first-order valence-corrected chi connectivity index (χ1v) is 14.6. The largest absolute Gasteiger partial charge is 0.492 e. The van der Waals surface area contributed by atoms with Crippen molar-refractivity contribution in [2.45, 2.75) is 6.92 Å². The van der Waals surface area contributed by atoms with Crippen molar-refractivity contribution in [3.05, 3.63) is 78.2 Å². The van der Waals surface area contributed by atoms with Gasteiger partial charge in [0.05, 0.1) is 19.1 Å². The molecule has 1 N–H and O–H groups in total. The van der Waals surface area contributed by atoms with E-state index in [9.17, 15) is 18.0 Å². The molecule has 0 spiro atoms. The Balaban J connectivity index is 1.31. The molecule has 11 nitrogen and oxygen atoms in total. The fraction of sp³-hybridized carbons (Fsp3) is 0.250. The summed E-state index contributed by atoms with van der Waals surface area (Å²) in [6.07, 6.45) is 4.37. The van der Waals surface area contributed by atoms with Gasteiger partial charge < -0.3 is 14.5 Å². The number of aromatic nitrogens is 3. The molecule has 2 aromatic heterocycles. The van der Waals surface area contributed by atoms with E-state index in [2.05, 4.69) is 15.2 Å². The van der Waals surface area contributed by atoms with E-state index in [-0.39, 0.29) is 11.6 Å². The zero-order valence-electron chi connectivity index (χ0n) is 22.1. The Morgan fingerprint density at radius 2 is 1.70 bits per heavy atom. The minimum absolute atomic E-state index is 0.0533. The highest BCUT2D eigenvalue weighted by molar-refractivity contribution is 7.89. The van der Waals surface area contributed by atoms with Crippen molar-refractivity contribution in [1.82, 2.24) is 24.8 Å². The van der Waals surface area contributed by atoms with Crippen molar-refractivity contribution in [2.24, 2.45) is 0 Å². The van der Waals surface area contributed by atoms with Gasteiger partial charge in [-0.05, 0) is 47.5 Å². The summed E-state index contributed by atoms with van der Waals surface area (Å²) in [6.45, 7) is 4.49. The molecule has 1 fully saturated rings. The van der Waals surface area contributed by atoms with Gasteiger partial charge in [-0.15, -0.1) is 10.2 Å². The average Bonchev–Trinajstić information content (AvgIpc) is 2.96. The monoisotopic (exact) mass is 560 g/mol. The van der Waals surface area contributed by atoms with Crippen LogP contribution in [0.2, 0.25) is 0 Å². The Bertz CT molecular complexity index is 1670. The fourth-order valence-corrected chi connectivity index (χ4v) is 5.13. The number of anilines is 1. The zero-order valence-corrected chi connectivity index (χ0v) is 22.9. The average molecular weight is 561 g/mol. The highest BCUT2D eigenvalue weighted by Gasteiger charge is 2.25. The molecule has 1 saturated heterocycles. The van der Waals surface area contributed by atoms with Crippen molar-refractivity contribution in [1.29, 1.82) is 0 Å². The number of benzene rings is 2. The molecule has 206 valence electrons. The smallest absolute Gasteiger partial charge is 0.285 e. The van der Waals surface area contributed by atoms with E-state index in [0.717, 1.165) is 28.2 Å². The van der Waals surface area contributed by atoms with Crippen LogP contribution >= 0.6 is 0 Å². The van der Waals surface area contributed by atoms with Crippen LogP contribution in [-0.2, 0) is 10.0 Å². The molecule has 2 amide bonds. The van der Waals surface area contributed by atoms with Crippen LogP contribution < -0.4 is 14.4 Å². The molecule has 0 aliphatic carbocycles. The molecule has 1 aliphatic rings. The van der Waals surface area contributed by atoms with E-state index in [1.807, 2.05) is 63.9 Å². The molecule has 0 unspecified atom stereocenters. The molecule has 3 heterocycles. The Labute approximate surface area is 231 Å². The second-order valence-electron chi connectivity index (χ2n) is 9.31. The first-order valence-electron chi connectivity index (χ1n) is 12.7. The molecule has 0 saturated carbocycles. The molecule has 4 aromatic rings. The summed E-state index contributed by atoms with van der Waals surface area (Å²) >= 11 is 0. The van der Waals surface area contributed by atoms with Gasteiger partial charge in [-0.2, -0.15) is 0 Å². The van der Waals surface area contributed by atoms with Crippen LogP contribution in [0, 0.1) is 0 Å². The van der Waals surface area contributed by atoms with Gasteiger partial charge >= 0.3 is 0 Å². The molecule has 1 aliphatic heterocycles. The number of nitrogens with one attached hydrogen (secondary N) is 1. The maximum absolute atomic E-state index is 13.6. The minimum atomic E-state index is -3.70. The van der Waals surface area contributed by atoms with Gasteiger partial charge in [-0.25, -0.2) is 13.1 Å². The van der Waals surface area contributed by atoms with E-state index in [4.69, 9.17) is 4.74 Å². The maximum atomic E-state index is 13.6. The molecular formula is C28H28N6O5S. The van der Waals surface area contributed by atoms with Crippen molar-refractivity contribution >= 4 is 38.4 Å². The lowest BCUT2D eigenvalue weighted by Crippen LogP contribution is -2.49. The van der Waals surface area contributed by atoms with E-state index in [1.54, 1.807) is 18.5 Å². The summed E-state index contributed by atoms with van der Waals surface area (Å²) in [5.74, 6) is 0.343. The van der Waals surface area contributed by atoms with Crippen LogP contribution in [-0.4, -0.2) is 79.4 Å². The summed E-state index contributed by atoms with van der Waals surface area (Å²) in [6, 6.07) is 16.7. The third kappa shape index (κ3) is 5.86. The zero-order chi connectivity index (χ0) is 28.3. The van der Waals surface area contributed by atoms with Gasteiger partial charge in [0.1, 0.15) is 5.75 Å². The lowest BCUT2D eigenvalue weighted by Gasteiger charge is -2.35. The number of fused-ring (bicyclic) bond motifs is 1. The predicted octanol–water partition coefficient (Wildman–Crippen LogP) is 2.74. The minimum Gasteiger partial charge on any atom is -0.492 e. The van der Waals surface area contributed by atoms with Crippen LogP contribution in [0.15, 0.2) is 67.0 Å². The number of hydrogen-bond acceptors (Lipinski definition) is 9. The Morgan fingerprint density at radius 1 is 0.950 bits per heavy atom. The van der Waals surface area contributed by atoms with Gasteiger partial charge in [0, 0.05) is 43.5 Å². The summed E-state index contributed by atoms with van der Waals surface area (Å²) in [4.78, 5) is 33.7. The van der Waals surface area contributed by atoms with E-state index in [0.29, 0.717) is 49.9 Å². The molecule has 0 atom stereocenters. The number of piperazine rings is 1. The van der Waals surface area contributed by atoms with Gasteiger partial charge in [0.25, 0.3) is 11.8 Å². The lowest BCUT2D eigenvalue weighted by atomic mass is 9.95. The molecule has 5 rings (SSSR count). The second kappa shape index (κ2) is 11.3. The van der Waals surface area contributed by atoms with E-state index < -0.39 is 15.9 Å². The SMILES string of the molecule is CCOc1cncc(-c2ccc(C(=O)N3CCN(c4ccc(C(=O)NS(C)(=O)=O)nn4)CC3)c3ccccc23)c1. The summed E-state index contributed by atoms with van der Waals surface area (Å²) < 4.78 is 30.0. The third-order valence-corrected chi connectivity index (χ3v) is 7.10. The molecule has 40 heavy (non-hydrogen) atoms. The highest BCUT2D eigenvalue weighted by atomic mass is 32.2. The molecule has 12 heteroatoms. The van der Waals surface area contributed by atoms with Gasteiger partial charge in [0.15, 0.2) is 11.5 Å². The summed E-state index contributed by atoms with van der Waals surface area (Å²) in [7, 11) is -3.70. The molecular weight excluding hydrogens is 532 g/mol. The fourth-order valence-electron chi connectivity index (χ4n) is 4.69. The summed E-state index contributed by atoms with van der Waals surface area (Å²) in [5, 5.41) is 9.76. The van der Waals surface area contributed by atoms with Crippen LogP contribution in [0.5, 0.6) is 5.75 Å². The van der Waals surface area contributed by atoms with Gasteiger partial charge in [-0.3, -0.25) is 14.6 Å². The van der Waals surface area contributed by atoms with Crippen LogP contribution in [0.1, 0.15) is 27.8 Å². The lowest BCUT2D eigenvalue weighted by molar-refractivity contribution is 0.0748. The van der Waals surface area contributed by atoms with Crippen molar-refractivity contribution in [2.75, 3.05) is 43.9 Å². The number of amides is 2. The predicted molar refractivity (Wildman–Crippen MR) is 151 cm³/mol. The van der Waals surface area contributed by atoms with Crippen LogP contribution in [0.25, 0.3) is 21.9 Å². The molecule has 2 aromatic carbocycles. The first-order chi connectivity index (χ1) is 19.2. The van der Waals surface area contributed by atoms with Crippen LogP contribution in [0.4, 0.5) is 5.82 Å². The number of ether oxygens (including phenoxy) is 1. The molecule has 0 radical (unpaired) electrons. The quantitative estimate of drug-likeness (QED) is 0.362. The normalized spacial score (nSPS) is 13.8. The number of carbonyl (C=O) groups is 2. The number of nitrogens with zero attached hydrogens (tertiary/aromatic N) is 5. The number of hydrogen-bond donors (Lipinski definition) is 1. The number of carbonyl (C=O) groups excluding carboxylic acids is 2. The topological polar surface area (TPSA) is 135 Å². The highest BCUT2D eigenvalue weighted by Crippen LogP contribution is 2.32. The second-order valence-corrected chi connectivity index (χ2v) is 11.1. The third-order valence-electron chi connectivity index (χ3n) is 6.54. The standard InChI is InChI=1S/C28H28N6O5S/c1-3-39-20-16-19(17-29-18-20)21-8-9-24(23-7-5-4-6-22(21)23)28(36)34-14-12-33(13-15-34)26-11-10-25(30-31-26)27(35)32-40(2,37)38/h4-11,16-18H,3,12-15H2,1-2H3,(H,32,35). The Kier molecular flexibility index (Phi) is 7.60. The van der Waals surface area contributed by atoms with Crippen molar-refractivity contribution < 1.29 is 22.7 Å². The van der Waals surface area contributed by atoms with Crippen molar-refractivity contribution in [3.8, 4) is 16.9 Å². The number of sulfonamides is 1. The maximum Gasteiger partial charge on any atom is 0.285 e. The Morgan fingerprint density at radius 3 is 2.38 bits per heavy atom. The van der Waals surface area contributed by atoms with Gasteiger partial charge in [0.2, 0.25) is 10.0 Å².